The molecule has 1 atom stereocenters. The molecule has 0 bridgehead atoms. The molecular formula is C22H41P. The minimum atomic E-state index is 0.748. The van der Waals surface area contributed by atoms with Crippen LogP contribution in [-0.4, -0.2) is 6.16 Å². The third-order valence-corrected chi connectivity index (χ3v) is 8.32. The second-order valence-electron chi connectivity index (χ2n) is 9.01. The Labute approximate surface area is 148 Å². The fraction of sp³-hybridized carbons (Fsp3) is 1.00. The molecule has 0 nitrogen and oxygen atoms in total. The van der Waals surface area contributed by atoms with Crippen LogP contribution in [-0.2, 0) is 0 Å². The zero-order valence-corrected chi connectivity index (χ0v) is 16.7. The maximum Gasteiger partial charge on any atom is -0.0212 e. The molecule has 0 aliphatic heterocycles. The van der Waals surface area contributed by atoms with Crippen molar-refractivity contribution in [1.29, 1.82) is 0 Å². The van der Waals surface area contributed by atoms with Crippen molar-refractivity contribution in [2.24, 2.45) is 23.2 Å². The lowest BCUT2D eigenvalue weighted by Crippen LogP contribution is -2.47. The molecule has 3 rings (SSSR count). The van der Waals surface area contributed by atoms with Gasteiger partial charge in [-0.15, -0.1) is 9.24 Å². The van der Waals surface area contributed by atoms with Crippen LogP contribution in [0.4, 0.5) is 0 Å². The van der Waals surface area contributed by atoms with Gasteiger partial charge in [-0.2, -0.15) is 0 Å². The molecule has 0 saturated heterocycles. The van der Waals surface area contributed by atoms with E-state index in [0.29, 0.717) is 0 Å². The van der Waals surface area contributed by atoms with Gasteiger partial charge in [0.25, 0.3) is 0 Å². The monoisotopic (exact) mass is 336 g/mol. The Bertz CT molecular complexity index is 273. The molecule has 0 spiro atoms. The average molecular weight is 337 g/mol. The first-order valence-corrected chi connectivity index (χ1v) is 11.9. The molecule has 1 heteroatoms. The van der Waals surface area contributed by atoms with E-state index < -0.39 is 0 Å². The third-order valence-electron chi connectivity index (χ3n) is 7.91. The highest BCUT2D eigenvalue weighted by Gasteiger charge is 2.49. The van der Waals surface area contributed by atoms with Gasteiger partial charge in [0.05, 0.1) is 0 Å². The molecule has 0 heterocycles. The summed E-state index contributed by atoms with van der Waals surface area (Å²) < 4.78 is 0. The van der Waals surface area contributed by atoms with Crippen molar-refractivity contribution in [3.05, 3.63) is 0 Å². The summed E-state index contributed by atoms with van der Waals surface area (Å²) in [4.78, 5) is 0. The van der Waals surface area contributed by atoms with E-state index >= 15 is 0 Å². The topological polar surface area (TPSA) is 0 Å². The summed E-state index contributed by atoms with van der Waals surface area (Å²) in [5.74, 6) is 3.25. The van der Waals surface area contributed by atoms with Gasteiger partial charge in [0.1, 0.15) is 0 Å². The molecule has 0 N–H and O–H groups in total. The van der Waals surface area contributed by atoms with Crippen LogP contribution < -0.4 is 0 Å². The lowest BCUT2D eigenvalue weighted by Gasteiger charge is -2.55. The van der Waals surface area contributed by atoms with Crippen LogP contribution >= 0.6 is 9.24 Å². The largest absolute Gasteiger partial charge is 0.138 e. The quantitative estimate of drug-likeness (QED) is 0.444. The van der Waals surface area contributed by atoms with Gasteiger partial charge >= 0.3 is 0 Å². The van der Waals surface area contributed by atoms with E-state index in [9.17, 15) is 0 Å². The Morgan fingerprint density at radius 3 is 1.22 bits per heavy atom. The van der Waals surface area contributed by atoms with E-state index in [-0.39, 0.29) is 0 Å². The van der Waals surface area contributed by atoms with Crippen LogP contribution in [0.2, 0.25) is 0 Å². The normalized spacial score (nSPS) is 26.5. The van der Waals surface area contributed by atoms with Crippen molar-refractivity contribution in [3.8, 4) is 0 Å². The van der Waals surface area contributed by atoms with Crippen LogP contribution in [0.1, 0.15) is 109 Å². The second-order valence-corrected chi connectivity index (χ2v) is 9.59. The lowest BCUT2D eigenvalue weighted by atomic mass is 9.50. The summed E-state index contributed by atoms with van der Waals surface area (Å²) in [7, 11) is 3.02. The van der Waals surface area contributed by atoms with Gasteiger partial charge in [-0.3, -0.25) is 0 Å². The molecule has 1 unspecified atom stereocenters. The molecule has 3 aliphatic rings. The maximum absolute atomic E-state index is 3.02. The molecule has 0 aromatic rings. The SMILES string of the molecule is PCCCC(C1CCCCC1)(C1CCCCC1)C1CCCCC1. The molecular weight excluding hydrogens is 295 g/mol. The van der Waals surface area contributed by atoms with Gasteiger partial charge in [-0.05, 0) is 80.7 Å². The van der Waals surface area contributed by atoms with E-state index in [2.05, 4.69) is 9.24 Å². The Morgan fingerprint density at radius 2 is 0.913 bits per heavy atom. The first-order valence-electron chi connectivity index (χ1n) is 11.1. The summed E-state index contributed by atoms with van der Waals surface area (Å²) in [6.45, 7) is 0. The highest BCUT2D eigenvalue weighted by Crippen LogP contribution is 2.59. The predicted molar refractivity (Wildman–Crippen MR) is 106 cm³/mol. The highest BCUT2D eigenvalue weighted by atomic mass is 31.0. The summed E-state index contributed by atoms with van der Waals surface area (Å²) in [6, 6.07) is 0. The standard InChI is InChI=1S/C22H41P/c23-18-10-17-22(19-11-4-1-5-12-19,20-13-6-2-7-14-20)21-15-8-3-9-16-21/h19-21H,1-18,23H2. The number of rotatable bonds is 6. The minimum Gasteiger partial charge on any atom is -0.138 e. The van der Waals surface area contributed by atoms with Gasteiger partial charge in [0, 0.05) is 0 Å². The molecule has 0 radical (unpaired) electrons. The Balaban J connectivity index is 1.88. The van der Waals surface area contributed by atoms with Gasteiger partial charge in [0.15, 0.2) is 0 Å². The average Bonchev–Trinajstić information content (AvgIpc) is 2.65. The first kappa shape index (κ1) is 18.2. The van der Waals surface area contributed by atoms with E-state index in [1.165, 1.54) is 70.4 Å². The van der Waals surface area contributed by atoms with Crippen molar-refractivity contribution in [2.75, 3.05) is 6.16 Å². The van der Waals surface area contributed by atoms with Crippen molar-refractivity contribution in [1.82, 2.24) is 0 Å². The summed E-state index contributed by atoms with van der Waals surface area (Å²) in [6.07, 6.45) is 27.6. The Morgan fingerprint density at radius 1 is 0.565 bits per heavy atom. The van der Waals surface area contributed by atoms with Crippen LogP contribution in [0.5, 0.6) is 0 Å². The van der Waals surface area contributed by atoms with Crippen molar-refractivity contribution in [3.63, 3.8) is 0 Å². The van der Waals surface area contributed by atoms with E-state index in [1.54, 1.807) is 44.9 Å². The van der Waals surface area contributed by atoms with Gasteiger partial charge in [0.2, 0.25) is 0 Å². The molecule has 0 amide bonds. The molecule has 0 aromatic heterocycles. The van der Waals surface area contributed by atoms with Gasteiger partial charge < -0.3 is 0 Å². The molecule has 3 saturated carbocycles. The summed E-state index contributed by atoms with van der Waals surface area (Å²) >= 11 is 0. The van der Waals surface area contributed by atoms with E-state index in [1.807, 2.05) is 0 Å². The zero-order chi connectivity index (χ0) is 16.0. The summed E-state index contributed by atoms with van der Waals surface area (Å²) in [5.41, 5.74) is 0.748. The second kappa shape index (κ2) is 9.22. The van der Waals surface area contributed by atoms with Crippen LogP contribution in [0, 0.1) is 23.2 Å². The maximum atomic E-state index is 3.02. The van der Waals surface area contributed by atoms with Crippen molar-refractivity contribution >= 4 is 9.24 Å². The Hall–Kier alpha value is 0.430. The highest BCUT2D eigenvalue weighted by molar-refractivity contribution is 7.16. The van der Waals surface area contributed by atoms with Crippen LogP contribution in [0.3, 0.4) is 0 Å². The van der Waals surface area contributed by atoms with E-state index in [4.69, 9.17) is 0 Å². The Kier molecular flexibility index (Phi) is 7.30. The first-order chi connectivity index (χ1) is 11.4. The van der Waals surface area contributed by atoms with Crippen LogP contribution in [0.15, 0.2) is 0 Å². The molecule has 3 fully saturated rings. The molecule has 3 aliphatic carbocycles. The molecule has 23 heavy (non-hydrogen) atoms. The van der Waals surface area contributed by atoms with Crippen molar-refractivity contribution in [2.45, 2.75) is 109 Å². The summed E-state index contributed by atoms with van der Waals surface area (Å²) in [5, 5.41) is 0. The lowest BCUT2D eigenvalue weighted by molar-refractivity contribution is -0.0556. The van der Waals surface area contributed by atoms with Gasteiger partial charge in [-0.25, -0.2) is 0 Å². The van der Waals surface area contributed by atoms with Gasteiger partial charge in [-0.1, -0.05) is 57.8 Å². The molecule has 0 aromatic carbocycles. The minimum absolute atomic E-state index is 0.748. The number of hydrogen-bond donors (Lipinski definition) is 0. The fourth-order valence-corrected chi connectivity index (χ4v) is 7.14. The smallest absolute Gasteiger partial charge is 0.0212 e. The number of hydrogen-bond acceptors (Lipinski definition) is 0. The zero-order valence-electron chi connectivity index (χ0n) is 15.5. The fourth-order valence-electron chi connectivity index (χ4n) is 6.94. The van der Waals surface area contributed by atoms with Crippen LogP contribution in [0.25, 0.3) is 0 Å². The van der Waals surface area contributed by atoms with Crippen molar-refractivity contribution < 1.29 is 0 Å². The van der Waals surface area contributed by atoms with E-state index in [0.717, 1.165) is 23.2 Å². The molecule has 134 valence electrons. The third kappa shape index (κ3) is 4.16. The predicted octanol–water partition coefficient (Wildman–Crippen LogP) is 7.37.